The van der Waals surface area contributed by atoms with Gasteiger partial charge in [-0.05, 0) is 49.1 Å². The predicted molar refractivity (Wildman–Crippen MR) is 118 cm³/mol. The van der Waals surface area contributed by atoms with E-state index in [1.165, 1.54) is 30.6 Å². The highest BCUT2D eigenvalue weighted by Crippen LogP contribution is 2.36. The Morgan fingerprint density at radius 3 is 2.70 bits per heavy atom. The summed E-state index contributed by atoms with van der Waals surface area (Å²) in [5, 5.41) is 23.7. The van der Waals surface area contributed by atoms with Gasteiger partial charge in [0, 0.05) is 36.9 Å². The van der Waals surface area contributed by atoms with E-state index in [1.807, 2.05) is 24.3 Å². The second-order valence-electron chi connectivity index (χ2n) is 7.93. The maximum absolute atomic E-state index is 10.6. The van der Waals surface area contributed by atoms with Gasteiger partial charge in [0.05, 0.1) is 17.7 Å². The zero-order chi connectivity index (χ0) is 20.5. The first-order valence-electron chi connectivity index (χ1n) is 10.4. The molecule has 1 atom stereocenters. The van der Waals surface area contributed by atoms with Gasteiger partial charge in [-0.15, -0.1) is 10.2 Å². The Balaban J connectivity index is 1.28. The lowest BCUT2D eigenvalue weighted by Crippen LogP contribution is -2.43. The van der Waals surface area contributed by atoms with Crippen molar-refractivity contribution in [2.45, 2.75) is 37.8 Å². The van der Waals surface area contributed by atoms with E-state index in [4.69, 9.17) is 4.74 Å². The number of rotatable bonds is 6. The van der Waals surface area contributed by atoms with Gasteiger partial charge < -0.3 is 20.1 Å². The van der Waals surface area contributed by atoms with Crippen LogP contribution in [0.1, 0.15) is 25.7 Å². The molecule has 30 heavy (non-hydrogen) atoms. The fraction of sp³-hybridized carbons (Fsp3) is 0.409. The van der Waals surface area contributed by atoms with Crippen molar-refractivity contribution >= 4 is 17.2 Å². The summed E-state index contributed by atoms with van der Waals surface area (Å²) in [6.45, 7) is 1.97. The van der Waals surface area contributed by atoms with Gasteiger partial charge in [-0.2, -0.15) is 0 Å². The Labute approximate surface area is 179 Å². The van der Waals surface area contributed by atoms with Crippen LogP contribution in [0.4, 0.5) is 5.82 Å². The summed E-state index contributed by atoms with van der Waals surface area (Å²) < 4.78 is 5.15. The number of phenolic OH excluding ortho intramolecular Hbond substituents is 1. The summed E-state index contributed by atoms with van der Waals surface area (Å²) >= 11 is 1.44. The van der Waals surface area contributed by atoms with Crippen molar-refractivity contribution in [3.8, 4) is 32.6 Å². The molecule has 0 amide bonds. The lowest BCUT2D eigenvalue weighted by Gasteiger charge is -2.29. The van der Waals surface area contributed by atoms with Crippen LogP contribution in [0.3, 0.4) is 0 Å². The van der Waals surface area contributed by atoms with Crippen LogP contribution in [0.2, 0.25) is 0 Å². The Hall–Kier alpha value is -2.71. The summed E-state index contributed by atoms with van der Waals surface area (Å²) in [5.41, 5.74) is 2.22. The Morgan fingerprint density at radius 1 is 1.13 bits per heavy atom. The zero-order valence-electron chi connectivity index (χ0n) is 16.9. The summed E-state index contributed by atoms with van der Waals surface area (Å²) in [4.78, 5) is 7.41. The van der Waals surface area contributed by atoms with Crippen molar-refractivity contribution in [3.05, 3.63) is 36.5 Å². The van der Waals surface area contributed by atoms with Crippen LogP contribution in [0.25, 0.3) is 21.7 Å². The maximum Gasteiger partial charge on any atom is 0.273 e. The van der Waals surface area contributed by atoms with E-state index in [0.29, 0.717) is 28.5 Å². The van der Waals surface area contributed by atoms with Crippen molar-refractivity contribution in [2.75, 3.05) is 25.1 Å². The van der Waals surface area contributed by atoms with Crippen LogP contribution in [0, 0.1) is 0 Å². The number of phenols is 1. The molecule has 0 bridgehead atoms. The first-order valence-corrected chi connectivity index (χ1v) is 11.2. The third kappa shape index (κ3) is 3.85. The maximum atomic E-state index is 10.6. The summed E-state index contributed by atoms with van der Waals surface area (Å²) in [6, 6.07) is 10.7. The molecule has 0 unspecified atom stereocenters. The standard InChI is InChI=1S/C22H25N5O2S/c1-29-22-23-12-20(30-22)14-5-6-17(19(28)11-14)18-7-8-21(26-25-18)27-10-9-16(13-27)24-15-3-2-4-15/h5-8,11-12,15-16,24,28H,2-4,9-10,13H2,1H3/t16-/m1/s1. The number of thiazole rings is 1. The minimum atomic E-state index is 0.174. The molecule has 5 rings (SSSR count). The molecule has 1 aromatic carbocycles. The van der Waals surface area contributed by atoms with Gasteiger partial charge in [-0.3, -0.25) is 0 Å². The Kier molecular flexibility index (Phi) is 5.26. The number of hydrogen-bond donors (Lipinski definition) is 2. The minimum Gasteiger partial charge on any atom is -0.507 e. The Morgan fingerprint density at radius 2 is 2.03 bits per heavy atom. The first kappa shape index (κ1) is 19.3. The molecule has 7 nitrogen and oxygen atoms in total. The van der Waals surface area contributed by atoms with Crippen LogP contribution in [0.5, 0.6) is 10.9 Å². The largest absolute Gasteiger partial charge is 0.507 e. The van der Waals surface area contributed by atoms with Gasteiger partial charge in [0.15, 0.2) is 5.82 Å². The van der Waals surface area contributed by atoms with Crippen molar-refractivity contribution in [2.24, 2.45) is 0 Å². The second-order valence-corrected chi connectivity index (χ2v) is 8.92. The van der Waals surface area contributed by atoms with Crippen molar-refractivity contribution < 1.29 is 9.84 Å². The van der Waals surface area contributed by atoms with Crippen LogP contribution in [-0.2, 0) is 0 Å². The lowest BCUT2D eigenvalue weighted by atomic mass is 9.92. The van der Waals surface area contributed by atoms with Crippen molar-refractivity contribution in [1.29, 1.82) is 0 Å². The van der Waals surface area contributed by atoms with Gasteiger partial charge in [0.1, 0.15) is 5.75 Å². The lowest BCUT2D eigenvalue weighted by molar-refractivity contribution is 0.311. The van der Waals surface area contributed by atoms with E-state index in [0.717, 1.165) is 35.8 Å². The molecule has 0 spiro atoms. The third-order valence-electron chi connectivity index (χ3n) is 5.96. The highest BCUT2D eigenvalue weighted by atomic mass is 32.1. The number of aromatic hydroxyl groups is 1. The molecule has 2 aromatic heterocycles. The molecule has 2 aliphatic rings. The normalized spacial score (nSPS) is 19.1. The van der Waals surface area contributed by atoms with E-state index in [-0.39, 0.29) is 5.75 Å². The number of nitrogens with zero attached hydrogens (tertiary/aromatic N) is 4. The Bertz CT molecular complexity index is 1020. The highest BCUT2D eigenvalue weighted by Gasteiger charge is 2.27. The highest BCUT2D eigenvalue weighted by molar-refractivity contribution is 7.16. The molecule has 2 fully saturated rings. The number of hydrogen-bond acceptors (Lipinski definition) is 8. The van der Waals surface area contributed by atoms with E-state index >= 15 is 0 Å². The predicted octanol–water partition coefficient (Wildman–Crippen LogP) is 3.70. The molecule has 156 valence electrons. The minimum absolute atomic E-state index is 0.174. The SMILES string of the molecule is COc1ncc(-c2ccc(-c3ccc(N4CC[C@@H](NC5CCC5)C4)nn3)c(O)c2)s1. The second kappa shape index (κ2) is 8.20. The molecule has 1 aliphatic heterocycles. The van der Waals surface area contributed by atoms with Gasteiger partial charge in [0.2, 0.25) is 0 Å². The third-order valence-corrected chi connectivity index (χ3v) is 6.96. The number of nitrogens with one attached hydrogen (secondary N) is 1. The molecule has 1 saturated carbocycles. The zero-order valence-corrected chi connectivity index (χ0v) is 17.7. The summed E-state index contributed by atoms with van der Waals surface area (Å²) in [5.74, 6) is 1.07. The summed E-state index contributed by atoms with van der Waals surface area (Å²) in [7, 11) is 1.60. The van der Waals surface area contributed by atoms with E-state index < -0.39 is 0 Å². The van der Waals surface area contributed by atoms with Crippen LogP contribution < -0.4 is 15.0 Å². The van der Waals surface area contributed by atoms with Gasteiger partial charge in [-0.1, -0.05) is 23.8 Å². The number of benzene rings is 1. The molecule has 8 heteroatoms. The molecule has 3 heterocycles. The monoisotopic (exact) mass is 423 g/mol. The fourth-order valence-electron chi connectivity index (χ4n) is 4.04. The van der Waals surface area contributed by atoms with Gasteiger partial charge >= 0.3 is 0 Å². The molecular formula is C22H25N5O2S. The van der Waals surface area contributed by atoms with Crippen LogP contribution in [0.15, 0.2) is 36.5 Å². The van der Waals surface area contributed by atoms with E-state index in [2.05, 4.69) is 25.4 Å². The van der Waals surface area contributed by atoms with E-state index in [1.54, 1.807) is 19.4 Å². The smallest absolute Gasteiger partial charge is 0.273 e. The number of ether oxygens (including phenoxy) is 1. The quantitative estimate of drug-likeness (QED) is 0.625. The molecule has 1 saturated heterocycles. The van der Waals surface area contributed by atoms with Crippen molar-refractivity contribution in [3.63, 3.8) is 0 Å². The molecule has 0 radical (unpaired) electrons. The molecular weight excluding hydrogens is 398 g/mol. The van der Waals surface area contributed by atoms with E-state index in [9.17, 15) is 5.11 Å². The van der Waals surface area contributed by atoms with Crippen LogP contribution >= 0.6 is 11.3 Å². The first-order chi connectivity index (χ1) is 14.7. The number of anilines is 1. The average molecular weight is 424 g/mol. The number of methoxy groups -OCH3 is 1. The molecule has 2 N–H and O–H groups in total. The molecule has 3 aromatic rings. The van der Waals surface area contributed by atoms with Crippen LogP contribution in [-0.4, -0.2) is 52.6 Å². The fourth-order valence-corrected chi connectivity index (χ4v) is 4.76. The topological polar surface area (TPSA) is 83.4 Å². The van der Waals surface area contributed by atoms with Gasteiger partial charge in [-0.25, -0.2) is 4.98 Å². The summed E-state index contributed by atoms with van der Waals surface area (Å²) in [6.07, 6.45) is 6.86. The number of aromatic nitrogens is 3. The van der Waals surface area contributed by atoms with Crippen molar-refractivity contribution in [1.82, 2.24) is 20.5 Å². The average Bonchev–Trinajstić information content (AvgIpc) is 3.40. The van der Waals surface area contributed by atoms with Gasteiger partial charge in [0.25, 0.3) is 5.19 Å². The molecule has 1 aliphatic carbocycles.